The van der Waals surface area contributed by atoms with Gasteiger partial charge in [0, 0.05) is 31.7 Å². The molecule has 2 aliphatic rings. The highest BCUT2D eigenvalue weighted by atomic mass is 19.1. The van der Waals surface area contributed by atoms with E-state index < -0.39 is 5.82 Å². The van der Waals surface area contributed by atoms with Crippen LogP contribution in [-0.2, 0) is 16.1 Å². The highest BCUT2D eigenvalue weighted by molar-refractivity contribution is 5.94. The Labute approximate surface area is 174 Å². The molecule has 2 saturated heterocycles. The predicted octanol–water partition coefficient (Wildman–Crippen LogP) is 1.38. The summed E-state index contributed by atoms with van der Waals surface area (Å²) in [5.74, 6) is -0.809. The molecule has 2 unspecified atom stereocenters. The van der Waals surface area contributed by atoms with E-state index in [2.05, 4.69) is 16.2 Å². The van der Waals surface area contributed by atoms with Gasteiger partial charge in [-0.15, -0.1) is 0 Å². The summed E-state index contributed by atoms with van der Waals surface area (Å²) in [5.41, 5.74) is 8.52. The number of halogens is 1. The van der Waals surface area contributed by atoms with E-state index in [9.17, 15) is 14.0 Å². The Morgan fingerprint density at radius 2 is 1.90 bits per heavy atom. The second kappa shape index (κ2) is 9.34. The maximum atomic E-state index is 13.3. The molecule has 7 nitrogen and oxygen atoms in total. The monoisotopic (exact) mass is 412 g/mol. The lowest BCUT2D eigenvalue weighted by Gasteiger charge is -2.30. The van der Waals surface area contributed by atoms with E-state index in [1.165, 1.54) is 18.2 Å². The van der Waals surface area contributed by atoms with Crippen molar-refractivity contribution in [2.24, 2.45) is 5.92 Å². The summed E-state index contributed by atoms with van der Waals surface area (Å²) in [6.45, 7) is 3.34. The van der Waals surface area contributed by atoms with Crippen LogP contribution in [0.5, 0.6) is 0 Å². The van der Waals surface area contributed by atoms with Gasteiger partial charge in [-0.2, -0.15) is 0 Å². The third-order valence-corrected chi connectivity index (χ3v) is 5.50. The molecule has 0 aromatic heterocycles. The van der Waals surface area contributed by atoms with Crippen molar-refractivity contribution < 1.29 is 18.7 Å². The van der Waals surface area contributed by atoms with Gasteiger partial charge >= 0.3 is 0 Å². The van der Waals surface area contributed by atoms with Gasteiger partial charge < -0.3 is 15.0 Å². The van der Waals surface area contributed by atoms with Crippen molar-refractivity contribution >= 4 is 11.8 Å². The molecular formula is C22H25FN4O3. The summed E-state index contributed by atoms with van der Waals surface area (Å²) in [5, 5.41) is 2.80. The van der Waals surface area contributed by atoms with Gasteiger partial charge in [0.1, 0.15) is 5.82 Å². The number of amides is 2. The number of hydrogen-bond donors (Lipinski definition) is 3. The molecule has 2 atom stereocenters. The van der Waals surface area contributed by atoms with E-state index in [-0.39, 0.29) is 29.3 Å². The minimum Gasteiger partial charge on any atom is -0.378 e. The van der Waals surface area contributed by atoms with Crippen molar-refractivity contribution in [3.05, 3.63) is 71.0 Å². The maximum Gasteiger partial charge on any atom is 0.251 e. The molecule has 158 valence electrons. The molecule has 8 heteroatoms. The Morgan fingerprint density at radius 3 is 2.63 bits per heavy atom. The molecule has 0 saturated carbocycles. The van der Waals surface area contributed by atoms with Gasteiger partial charge in [-0.05, 0) is 29.3 Å². The second-order valence-electron chi connectivity index (χ2n) is 7.48. The topological polar surface area (TPSA) is 82.7 Å². The molecule has 0 radical (unpaired) electrons. The van der Waals surface area contributed by atoms with Crippen LogP contribution in [0.25, 0.3) is 0 Å². The van der Waals surface area contributed by atoms with Crippen molar-refractivity contribution in [2.75, 3.05) is 32.8 Å². The molecule has 2 aromatic rings. The minimum absolute atomic E-state index is 0.115. The van der Waals surface area contributed by atoms with Crippen LogP contribution in [-0.4, -0.2) is 49.6 Å². The Hall–Kier alpha value is -2.81. The standard InChI is InChI=1S/C22H25FN4O3/c23-18-3-1-2-17(12-18)21(28)24-13-15-4-6-16(7-5-15)20-19(14-25-26-20)22(29)27-8-10-30-11-9-27/h1-7,12,19-20,25-26H,8-11,13-14H2,(H,24,28). The predicted molar refractivity (Wildman–Crippen MR) is 109 cm³/mol. The number of morpholine rings is 1. The average molecular weight is 412 g/mol. The fraction of sp³-hybridized carbons (Fsp3) is 0.364. The summed E-state index contributed by atoms with van der Waals surface area (Å²) in [4.78, 5) is 26.9. The first-order chi connectivity index (χ1) is 14.6. The van der Waals surface area contributed by atoms with Crippen LogP contribution in [0, 0.1) is 11.7 Å². The zero-order chi connectivity index (χ0) is 20.9. The molecular weight excluding hydrogens is 387 g/mol. The lowest BCUT2D eigenvalue weighted by Crippen LogP contribution is -2.45. The Morgan fingerprint density at radius 1 is 1.13 bits per heavy atom. The number of hydrazine groups is 1. The van der Waals surface area contributed by atoms with E-state index in [4.69, 9.17) is 4.74 Å². The van der Waals surface area contributed by atoms with Crippen LogP contribution in [0.15, 0.2) is 48.5 Å². The van der Waals surface area contributed by atoms with Crippen LogP contribution in [0.3, 0.4) is 0 Å². The lowest BCUT2D eigenvalue weighted by molar-refractivity contribution is -0.139. The van der Waals surface area contributed by atoms with Crippen LogP contribution < -0.4 is 16.2 Å². The van der Waals surface area contributed by atoms with Gasteiger partial charge in [0.2, 0.25) is 5.91 Å². The fourth-order valence-corrected chi connectivity index (χ4v) is 3.82. The number of benzene rings is 2. The van der Waals surface area contributed by atoms with Crippen LogP contribution >= 0.6 is 0 Å². The molecule has 0 spiro atoms. The van der Waals surface area contributed by atoms with Gasteiger partial charge in [-0.3, -0.25) is 15.0 Å². The van der Waals surface area contributed by atoms with Gasteiger partial charge in [-0.1, -0.05) is 30.3 Å². The summed E-state index contributed by atoms with van der Waals surface area (Å²) in [6.07, 6.45) is 0. The highest BCUT2D eigenvalue weighted by Gasteiger charge is 2.36. The number of nitrogens with zero attached hydrogens (tertiary/aromatic N) is 1. The fourth-order valence-electron chi connectivity index (χ4n) is 3.82. The van der Waals surface area contributed by atoms with Crippen molar-refractivity contribution in [1.29, 1.82) is 0 Å². The Bertz CT molecular complexity index is 900. The third-order valence-electron chi connectivity index (χ3n) is 5.50. The van der Waals surface area contributed by atoms with Crippen LogP contribution in [0.2, 0.25) is 0 Å². The first kappa shape index (κ1) is 20.5. The molecule has 2 aliphatic heterocycles. The van der Waals surface area contributed by atoms with E-state index in [0.717, 1.165) is 11.1 Å². The van der Waals surface area contributed by atoms with E-state index in [1.807, 2.05) is 29.2 Å². The Kier molecular flexibility index (Phi) is 6.37. The molecule has 4 rings (SSSR count). The summed E-state index contributed by atoms with van der Waals surface area (Å²) in [6, 6.07) is 13.3. The number of carbonyl (C=O) groups excluding carboxylic acids is 2. The second-order valence-corrected chi connectivity index (χ2v) is 7.48. The summed E-state index contributed by atoms with van der Waals surface area (Å²) >= 11 is 0. The van der Waals surface area contributed by atoms with Crippen LogP contribution in [0.1, 0.15) is 27.5 Å². The number of ether oxygens (including phenoxy) is 1. The largest absolute Gasteiger partial charge is 0.378 e. The molecule has 0 aliphatic carbocycles. The SMILES string of the molecule is O=C(NCc1ccc(C2NNCC2C(=O)N2CCOCC2)cc1)c1cccc(F)c1. The van der Waals surface area contributed by atoms with Crippen LogP contribution in [0.4, 0.5) is 4.39 Å². The minimum atomic E-state index is -0.439. The first-order valence-corrected chi connectivity index (χ1v) is 10.1. The van der Waals surface area contributed by atoms with E-state index in [1.54, 1.807) is 6.07 Å². The number of hydrogen-bond acceptors (Lipinski definition) is 5. The number of carbonyl (C=O) groups is 2. The normalized spacial score (nSPS) is 21.4. The molecule has 3 N–H and O–H groups in total. The molecule has 2 fully saturated rings. The van der Waals surface area contributed by atoms with E-state index in [0.29, 0.717) is 39.4 Å². The average Bonchev–Trinajstić information content (AvgIpc) is 3.28. The highest BCUT2D eigenvalue weighted by Crippen LogP contribution is 2.27. The first-order valence-electron chi connectivity index (χ1n) is 10.1. The summed E-state index contributed by atoms with van der Waals surface area (Å²) in [7, 11) is 0. The third kappa shape index (κ3) is 4.67. The van der Waals surface area contributed by atoms with Gasteiger partial charge in [0.15, 0.2) is 0 Å². The maximum absolute atomic E-state index is 13.3. The zero-order valence-electron chi connectivity index (χ0n) is 16.6. The number of rotatable bonds is 5. The quantitative estimate of drug-likeness (QED) is 0.691. The van der Waals surface area contributed by atoms with Gasteiger partial charge in [0.25, 0.3) is 5.91 Å². The molecule has 2 amide bonds. The molecule has 2 heterocycles. The van der Waals surface area contributed by atoms with Gasteiger partial charge in [0.05, 0.1) is 25.2 Å². The zero-order valence-corrected chi connectivity index (χ0v) is 16.6. The smallest absolute Gasteiger partial charge is 0.251 e. The Balaban J connectivity index is 1.36. The molecule has 0 bridgehead atoms. The molecule has 30 heavy (non-hydrogen) atoms. The summed E-state index contributed by atoms with van der Waals surface area (Å²) < 4.78 is 18.6. The van der Waals surface area contributed by atoms with Crippen molar-refractivity contribution in [3.8, 4) is 0 Å². The van der Waals surface area contributed by atoms with Gasteiger partial charge in [-0.25, -0.2) is 9.82 Å². The molecule has 2 aromatic carbocycles. The van der Waals surface area contributed by atoms with Crippen molar-refractivity contribution in [2.45, 2.75) is 12.6 Å². The van der Waals surface area contributed by atoms with Crippen molar-refractivity contribution in [3.63, 3.8) is 0 Å². The number of nitrogens with one attached hydrogen (secondary N) is 3. The van der Waals surface area contributed by atoms with Crippen molar-refractivity contribution in [1.82, 2.24) is 21.1 Å². The van der Waals surface area contributed by atoms with E-state index >= 15 is 0 Å². The lowest BCUT2D eigenvalue weighted by atomic mass is 9.93.